The third-order valence-corrected chi connectivity index (χ3v) is 5.67. The van der Waals surface area contributed by atoms with E-state index in [-0.39, 0.29) is 23.3 Å². The van der Waals surface area contributed by atoms with Crippen LogP contribution in [0.3, 0.4) is 0 Å². The summed E-state index contributed by atoms with van der Waals surface area (Å²) in [4.78, 5) is 11.9. The molecule has 4 N–H and O–H groups in total. The van der Waals surface area contributed by atoms with Crippen molar-refractivity contribution in [3.63, 3.8) is 0 Å². The second-order valence-electron chi connectivity index (χ2n) is 7.50. The van der Waals surface area contributed by atoms with Crippen molar-refractivity contribution in [3.05, 3.63) is 35.5 Å². The number of anilines is 2. The van der Waals surface area contributed by atoms with Crippen LogP contribution in [0.2, 0.25) is 0 Å². The van der Waals surface area contributed by atoms with Gasteiger partial charge in [0.15, 0.2) is 5.82 Å². The number of aromatic nitrogens is 2. The molecule has 1 unspecified atom stereocenters. The van der Waals surface area contributed by atoms with Gasteiger partial charge in [0.05, 0.1) is 18.0 Å². The fourth-order valence-electron chi connectivity index (χ4n) is 4.03. The number of primary amides is 1. The highest BCUT2D eigenvalue weighted by Gasteiger charge is 2.35. The molecule has 2 aromatic rings. The monoisotopic (exact) mass is 379 g/mol. The highest BCUT2D eigenvalue weighted by Crippen LogP contribution is 2.38. The third-order valence-electron chi connectivity index (χ3n) is 5.67. The number of hydrogen-bond acceptors (Lipinski definition) is 6. The fraction of sp³-hybridized carbons (Fsp3) is 0.421. The molecule has 1 aromatic heterocycles. The Kier molecular flexibility index (Phi) is 4.73. The number of fused-ring (bicyclic) bond motifs is 1. The standard InChI is InChI=1S/C19H22BN5O3/c1-11-14-7-6-13(8-17(14)28-20(11)27)23-19-15(18(22)26)10-25(24-19)16-5-3-2-4-12(16)9-21/h6-8,10-12,16,27H,2-5H2,1H3,(H2,22,26)(H,23,24)/t11?,12-,16+/m0/s1. The summed E-state index contributed by atoms with van der Waals surface area (Å²) in [5.41, 5.74) is 7.43. The first-order valence-corrected chi connectivity index (χ1v) is 9.52. The van der Waals surface area contributed by atoms with Crippen molar-refractivity contribution >= 4 is 24.5 Å². The number of nitrogens with zero attached hydrogens (tertiary/aromatic N) is 3. The second kappa shape index (κ2) is 7.21. The van der Waals surface area contributed by atoms with Crippen molar-refractivity contribution in [3.8, 4) is 11.8 Å². The van der Waals surface area contributed by atoms with Crippen LogP contribution in [0.1, 0.15) is 60.4 Å². The predicted octanol–water partition coefficient (Wildman–Crippen LogP) is 2.50. The van der Waals surface area contributed by atoms with E-state index in [9.17, 15) is 15.1 Å². The molecule has 1 fully saturated rings. The Balaban J connectivity index is 1.63. The summed E-state index contributed by atoms with van der Waals surface area (Å²) in [6, 6.07) is 7.79. The van der Waals surface area contributed by atoms with Gasteiger partial charge >= 0.3 is 7.12 Å². The molecule has 1 saturated carbocycles. The minimum absolute atomic E-state index is 0.0632. The molecule has 1 aliphatic heterocycles. The van der Waals surface area contributed by atoms with E-state index >= 15 is 0 Å². The van der Waals surface area contributed by atoms with Crippen molar-refractivity contribution in [2.45, 2.75) is 44.5 Å². The van der Waals surface area contributed by atoms with Crippen LogP contribution in [0.15, 0.2) is 24.4 Å². The molecule has 28 heavy (non-hydrogen) atoms. The van der Waals surface area contributed by atoms with Gasteiger partial charge < -0.3 is 20.7 Å². The zero-order chi connectivity index (χ0) is 19.8. The highest BCUT2D eigenvalue weighted by molar-refractivity contribution is 6.47. The summed E-state index contributed by atoms with van der Waals surface area (Å²) < 4.78 is 7.17. The smallest absolute Gasteiger partial charge is 0.530 e. The molecular formula is C19H22BN5O3. The van der Waals surface area contributed by atoms with Gasteiger partial charge in [-0.05, 0) is 24.5 Å². The van der Waals surface area contributed by atoms with E-state index in [4.69, 9.17) is 10.4 Å². The topological polar surface area (TPSA) is 126 Å². The number of nitrogens with one attached hydrogen (secondary N) is 1. The lowest BCUT2D eigenvalue weighted by Gasteiger charge is -2.26. The summed E-state index contributed by atoms with van der Waals surface area (Å²) in [7, 11) is -0.861. The molecule has 1 aromatic carbocycles. The molecule has 0 saturated heterocycles. The molecule has 144 valence electrons. The molecule has 1 aliphatic carbocycles. The number of carbonyl (C=O) groups is 1. The van der Waals surface area contributed by atoms with Gasteiger partial charge in [0.25, 0.3) is 5.91 Å². The van der Waals surface area contributed by atoms with E-state index in [1.165, 1.54) is 0 Å². The molecule has 1 amide bonds. The molecule has 4 rings (SSSR count). The largest absolute Gasteiger partial charge is 0.535 e. The zero-order valence-electron chi connectivity index (χ0n) is 15.6. The molecule has 2 aliphatic rings. The Morgan fingerprint density at radius 2 is 2.25 bits per heavy atom. The van der Waals surface area contributed by atoms with Gasteiger partial charge in [0, 0.05) is 23.8 Å². The maximum Gasteiger partial charge on any atom is 0.530 e. The zero-order valence-corrected chi connectivity index (χ0v) is 15.6. The van der Waals surface area contributed by atoms with Gasteiger partial charge in [-0.25, -0.2) is 0 Å². The molecule has 0 radical (unpaired) electrons. The average molecular weight is 379 g/mol. The average Bonchev–Trinajstić information content (AvgIpc) is 3.23. The predicted molar refractivity (Wildman–Crippen MR) is 104 cm³/mol. The second-order valence-corrected chi connectivity index (χ2v) is 7.50. The van der Waals surface area contributed by atoms with E-state index in [1.807, 2.05) is 19.1 Å². The van der Waals surface area contributed by atoms with Gasteiger partial charge in [-0.2, -0.15) is 10.4 Å². The Labute approximate surface area is 163 Å². The number of hydrogen-bond donors (Lipinski definition) is 3. The third kappa shape index (κ3) is 3.20. The number of nitriles is 1. The molecule has 2 heterocycles. The first-order valence-electron chi connectivity index (χ1n) is 9.52. The minimum Gasteiger partial charge on any atom is -0.535 e. The van der Waals surface area contributed by atoms with Crippen LogP contribution < -0.4 is 15.7 Å². The van der Waals surface area contributed by atoms with Gasteiger partial charge in [0.2, 0.25) is 0 Å². The van der Waals surface area contributed by atoms with Crippen LogP contribution in [0.4, 0.5) is 11.5 Å². The Morgan fingerprint density at radius 1 is 1.46 bits per heavy atom. The molecule has 0 bridgehead atoms. The maximum atomic E-state index is 11.9. The van der Waals surface area contributed by atoms with Crippen LogP contribution in [0, 0.1) is 17.2 Å². The normalized spacial score (nSPS) is 23.6. The van der Waals surface area contributed by atoms with Crippen molar-refractivity contribution < 1.29 is 14.5 Å². The quantitative estimate of drug-likeness (QED) is 0.701. The Hall–Kier alpha value is -2.99. The molecule has 3 atom stereocenters. The van der Waals surface area contributed by atoms with E-state index in [1.54, 1.807) is 16.9 Å². The van der Waals surface area contributed by atoms with E-state index in [2.05, 4.69) is 16.5 Å². The van der Waals surface area contributed by atoms with Crippen molar-refractivity contribution in [2.24, 2.45) is 11.7 Å². The van der Waals surface area contributed by atoms with E-state index in [0.29, 0.717) is 17.3 Å². The lowest BCUT2D eigenvalue weighted by atomic mass is 9.72. The van der Waals surface area contributed by atoms with Crippen LogP contribution in [-0.2, 0) is 0 Å². The summed E-state index contributed by atoms with van der Waals surface area (Å²) in [6.45, 7) is 1.90. The number of nitrogens with two attached hydrogens (primary N) is 1. The van der Waals surface area contributed by atoms with Crippen molar-refractivity contribution in [2.75, 3.05) is 5.32 Å². The summed E-state index contributed by atoms with van der Waals surface area (Å²) >= 11 is 0. The van der Waals surface area contributed by atoms with Gasteiger partial charge in [0.1, 0.15) is 11.3 Å². The first-order chi connectivity index (χ1) is 13.5. The maximum absolute atomic E-state index is 11.9. The number of benzene rings is 1. The fourth-order valence-corrected chi connectivity index (χ4v) is 4.03. The van der Waals surface area contributed by atoms with Gasteiger partial charge in [-0.15, -0.1) is 0 Å². The van der Waals surface area contributed by atoms with Crippen molar-refractivity contribution in [1.82, 2.24) is 9.78 Å². The summed E-state index contributed by atoms with van der Waals surface area (Å²) in [6.07, 6.45) is 5.36. The Morgan fingerprint density at radius 3 is 3.00 bits per heavy atom. The number of amides is 1. The lowest BCUT2D eigenvalue weighted by molar-refractivity contribution is 0.100. The summed E-state index contributed by atoms with van der Waals surface area (Å²) in [5.74, 6) is 0.139. The van der Waals surface area contributed by atoms with Crippen LogP contribution in [0.25, 0.3) is 0 Å². The number of carbonyl (C=O) groups excluding carboxylic acids is 1. The van der Waals surface area contributed by atoms with E-state index < -0.39 is 13.0 Å². The molecule has 9 heteroatoms. The van der Waals surface area contributed by atoms with Gasteiger partial charge in [-0.3, -0.25) is 9.48 Å². The summed E-state index contributed by atoms with van der Waals surface area (Å²) in [5, 5.41) is 27.0. The molecular weight excluding hydrogens is 357 g/mol. The first kappa shape index (κ1) is 18.4. The van der Waals surface area contributed by atoms with Gasteiger partial charge in [-0.1, -0.05) is 25.8 Å². The molecule has 0 spiro atoms. The molecule has 8 nitrogen and oxygen atoms in total. The van der Waals surface area contributed by atoms with Crippen LogP contribution in [0.5, 0.6) is 5.75 Å². The SMILES string of the molecule is CC1B(O)Oc2cc(Nc3nn([C@@H]4CCCC[C@H]4C#N)cc3C(N)=O)ccc21. The Bertz CT molecular complexity index is 954. The minimum atomic E-state index is -0.861. The van der Waals surface area contributed by atoms with E-state index in [0.717, 1.165) is 31.2 Å². The number of rotatable bonds is 4. The van der Waals surface area contributed by atoms with Crippen molar-refractivity contribution in [1.29, 1.82) is 5.26 Å². The van der Waals surface area contributed by atoms with Crippen LogP contribution in [-0.4, -0.2) is 27.8 Å². The highest BCUT2D eigenvalue weighted by atomic mass is 16.5. The van der Waals surface area contributed by atoms with Crippen LogP contribution >= 0.6 is 0 Å². The lowest BCUT2D eigenvalue weighted by Crippen LogP contribution is -2.22.